The van der Waals surface area contributed by atoms with Crippen LogP contribution in [0.2, 0.25) is 0 Å². The third kappa shape index (κ3) is 8.95. The highest BCUT2D eigenvalue weighted by atomic mass is 19.4. The van der Waals surface area contributed by atoms with Gasteiger partial charge in [-0.1, -0.05) is 13.8 Å². The summed E-state index contributed by atoms with van der Waals surface area (Å²) in [6.45, 7) is 3.93. The number of nitriles is 1. The second-order valence-corrected chi connectivity index (χ2v) is 3.99. The summed E-state index contributed by atoms with van der Waals surface area (Å²) in [4.78, 5) is 1.27. The van der Waals surface area contributed by atoms with E-state index in [1.165, 1.54) is 4.90 Å². The molecule has 0 rings (SSSR count). The molecule has 0 radical (unpaired) electrons. The summed E-state index contributed by atoms with van der Waals surface area (Å²) >= 11 is 0. The zero-order valence-electron chi connectivity index (χ0n) is 10.3. The van der Waals surface area contributed by atoms with Gasteiger partial charge in [0.2, 0.25) is 0 Å². The maximum Gasteiger partial charge on any atom is 0.401 e. The van der Waals surface area contributed by atoms with Gasteiger partial charge in [0.05, 0.1) is 12.6 Å². The number of alkyl halides is 3. The van der Waals surface area contributed by atoms with Gasteiger partial charge in [-0.15, -0.1) is 0 Å². The van der Waals surface area contributed by atoms with Gasteiger partial charge >= 0.3 is 6.18 Å². The van der Waals surface area contributed by atoms with Gasteiger partial charge in [0.25, 0.3) is 0 Å². The van der Waals surface area contributed by atoms with Gasteiger partial charge in [-0.05, 0) is 25.9 Å². The van der Waals surface area contributed by atoms with E-state index in [-0.39, 0.29) is 6.54 Å². The first-order chi connectivity index (χ1) is 7.92. The van der Waals surface area contributed by atoms with E-state index in [4.69, 9.17) is 5.26 Å². The van der Waals surface area contributed by atoms with E-state index < -0.39 is 18.8 Å². The van der Waals surface area contributed by atoms with E-state index in [0.29, 0.717) is 19.5 Å². The number of halogens is 3. The lowest BCUT2D eigenvalue weighted by Gasteiger charge is -2.25. The molecule has 3 nitrogen and oxygen atoms in total. The Balaban J connectivity index is 4.25. The van der Waals surface area contributed by atoms with Crippen LogP contribution in [0.5, 0.6) is 0 Å². The van der Waals surface area contributed by atoms with Gasteiger partial charge in [0.15, 0.2) is 0 Å². The molecule has 6 heteroatoms. The number of nitrogens with one attached hydrogen (secondary N) is 1. The molecule has 0 saturated carbocycles. The second-order valence-electron chi connectivity index (χ2n) is 3.99. The van der Waals surface area contributed by atoms with Crippen molar-refractivity contribution in [2.45, 2.75) is 38.9 Å². The summed E-state index contributed by atoms with van der Waals surface area (Å²) in [7, 11) is 0. The monoisotopic (exact) mass is 251 g/mol. The van der Waals surface area contributed by atoms with E-state index in [9.17, 15) is 13.2 Å². The van der Waals surface area contributed by atoms with Crippen LogP contribution in [0.25, 0.3) is 0 Å². The Morgan fingerprint density at radius 1 is 1.29 bits per heavy atom. The average Bonchev–Trinajstić information content (AvgIpc) is 2.22. The normalized spacial score (nSPS) is 13.7. The maximum absolute atomic E-state index is 12.3. The minimum atomic E-state index is -4.21. The number of hydrogen-bond acceptors (Lipinski definition) is 3. The second kappa shape index (κ2) is 8.31. The molecule has 17 heavy (non-hydrogen) atoms. The number of rotatable bonds is 8. The standard InChI is InChI=1S/C11H20F3N3/c1-3-5-16-10(7-15)8-17(6-4-2)9-11(12,13)14/h10,16H,3-6,8-9H2,1-2H3. The molecule has 0 heterocycles. The molecule has 0 aliphatic heterocycles. The van der Waals surface area contributed by atoms with E-state index in [1.54, 1.807) is 0 Å². The summed E-state index contributed by atoms with van der Waals surface area (Å²) in [5.74, 6) is 0. The van der Waals surface area contributed by atoms with Crippen molar-refractivity contribution >= 4 is 0 Å². The molecule has 0 spiro atoms. The molecule has 1 N–H and O–H groups in total. The van der Waals surface area contributed by atoms with Crippen LogP contribution in [0, 0.1) is 11.3 Å². The molecular weight excluding hydrogens is 231 g/mol. The Kier molecular flexibility index (Phi) is 7.92. The summed E-state index contributed by atoms with van der Waals surface area (Å²) < 4.78 is 36.9. The van der Waals surface area contributed by atoms with Crippen molar-refractivity contribution < 1.29 is 13.2 Å². The molecule has 0 fully saturated rings. The number of hydrogen-bond donors (Lipinski definition) is 1. The summed E-state index contributed by atoms with van der Waals surface area (Å²) in [6.07, 6.45) is -2.72. The quantitative estimate of drug-likeness (QED) is 0.718. The molecule has 0 bridgehead atoms. The molecular formula is C11H20F3N3. The lowest BCUT2D eigenvalue weighted by Crippen LogP contribution is -2.44. The number of nitrogens with zero attached hydrogens (tertiary/aromatic N) is 2. The van der Waals surface area contributed by atoms with Crippen LogP contribution in [0.3, 0.4) is 0 Å². The first-order valence-electron chi connectivity index (χ1n) is 5.85. The summed E-state index contributed by atoms with van der Waals surface area (Å²) in [5, 5.41) is 11.8. The van der Waals surface area contributed by atoms with Crippen molar-refractivity contribution in [2.75, 3.05) is 26.2 Å². The topological polar surface area (TPSA) is 39.1 Å². The fourth-order valence-corrected chi connectivity index (χ4v) is 1.53. The van der Waals surface area contributed by atoms with Gasteiger partial charge in [-0.3, -0.25) is 4.90 Å². The molecule has 0 aromatic heterocycles. The van der Waals surface area contributed by atoms with Crippen LogP contribution in [0.15, 0.2) is 0 Å². The van der Waals surface area contributed by atoms with E-state index in [2.05, 4.69) is 5.32 Å². The Hall–Kier alpha value is -0.800. The van der Waals surface area contributed by atoms with Gasteiger partial charge < -0.3 is 5.32 Å². The van der Waals surface area contributed by atoms with E-state index in [0.717, 1.165) is 6.42 Å². The highest BCUT2D eigenvalue weighted by Gasteiger charge is 2.31. The molecule has 0 aliphatic carbocycles. The minimum absolute atomic E-state index is 0.115. The Labute approximate surface area is 101 Å². The highest BCUT2D eigenvalue weighted by Crippen LogP contribution is 2.16. The summed E-state index contributed by atoms with van der Waals surface area (Å²) in [5.41, 5.74) is 0. The van der Waals surface area contributed by atoms with Crippen LogP contribution >= 0.6 is 0 Å². The zero-order chi connectivity index (χ0) is 13.3. The molecule has 100 valence electrons. The predicted molar refractivity (Wildman–Crippen MR) is 60.5 cm³/mol. The minimum Gasteiger partial charge on any atom is -0.301 e. The largest absolute Gasteiger partial charge is 0.401 e. The van der Waals surface area contributed by atoms with Gasteiger partial charge in [-0.25, -0.2) is 0 Å². The fraction of sp³-hybridized carbons (Fsp3) is 0.909. The van der Waals surface area contributed by atoms with Crippen molar-refractivity contribution in [1.82, 2.24) is 10.2 Å². The lowest BCUT2D eigenvalue weighted by atomic mass is 10.2. The van der Waals surface area contributed by atoms with Crippen LogP contribution in [0.4, 0.5) is 13.2 Å². The molecule has 0 aromatic carbocycles. The molecule has 0 aromatic rings. The van der Waals surface area contributed by atoms with Crippen molar-refractivity contribution in [3.63, 3.8) is 0 Å². The van der Waals surface area contributed by atoms with Crippen molar-refractivity contribution in [3.8, 4) is 6.07 Å². The third-order valence-electron chi connectivity index (χ3n) is 2.18. The van der Waals surface area contributed by atoms with Crippen molar-refractivity contribution in [2.24, 2.45) is 0 Å². The van der Waals surface area contributed by atoms with Crippen LogP contribution < -0.4 is 5.32 Å². The maximum atomic E-state index is 12.3. The van der Waals surface area contributed by atoms with Gasteiger partial charge in [0.1, 0.15) is 6.04 Å². The van der Waals surface area contributed by atoms with Crippen LogP contribution in [0.1, 0.15) is 26.7 Å². The van der Waals surface area contributed by atoms with Gasteiger partial charge in [0, 0.05) is 6.54 Å². The Morgan fingerprint density at radius 3 is 2.35 bits per heavy atom. The molecule has 1 unspecified atom stereocenters. The van der Waals surface area contributed by atoms with Crippen LogP contribution in [-0.4, -0.2) is 43.3 Å². The molecule has 0 amide bonds. The first kappa shape index (κ1) is 16.2. The Morgan fingerprint density at radius 2 is 1.94 bits per heavy atom. The predicted octanol–water partition coefficient (Wildman–Crippen LogP) is 2.15. The molecule has 0 saturated heterocycles. The van der Waals surface area contributed by atoms with E-state index >= 15 is 0 Å². The Bertz CT molecular complexity index is 235. The molecule has 1 atom stereocenters. The van der Waals surface area contributed by atoms with Crippen molar-refractivity contribution in [3.05, 3.63) is 0 Å². The summed E-state index contributed by atoms with van der Waals surface area (Å²) in [6, 6.07) is 1.45. The van der Waals surface area contributed by atoms with Crippen LogP contribution in [-0.2, 0) is 0 Å². The smallest absolute Gasteiger partial charge is 0.301 e. The zero-order valence-corrected chi connectivity index (χ0v) is 10.3. The van der Waals surface area contributed by atoms with Crippen molar-refractivity contribution in [1.29, 1.82) is 5.26 Å². The van der Waals surface area contributed by atoms with Gasteiger partial charge in [-0.2, -0.15) is 18.4 Å². The average molecular weight is 251 g/mol. The fourth-order valence-electron chi connectivity index (χ4n) is 1.53. The molecule has 0 aliphatic rings. The first-order valence-corrected chi connectivity index (χ1v) is 5.85. The lowest BCUT2D eigenvalue weighted by molar-refractivity contribution is -0.146. The highest BCUT2D eigenvalue weighted by molar-refractivity contribution is 4.92. The van der Waals surface area contributed by atoms with E-state index in [1.807, 2.05) is 19.9 Å². The third-order valence-corrected chi connectivity index (χ3v) is 2.18. The SMILES string of the molecule is CCCNC(C#N)CN(CCC)CC(F)(F)F.